The van der Waals surface area contributed by atoms with Gasteiger partial charge in [-0.25, -0.2) is 8.42 Å². The maximum atomic E-state index is 12.3. The average molecular weight is 263 g/mol. The molecule has 0 aromatic heterocycles. The summed E-state index contributed by atoms with van der Waals surface area (Å²) in [6, 6.07) is -0.0694. The molecule has 6 heteroatoms. The summed E-state index contributed by atoms with van der Waals surface area (Å²) in [6.45, 7) is 5.98. The minimum atomic E-state index is -3.47. The van der Waals surface area contributed by atoms with E-state index in [1.54, 1.807) is 6.92 Å². The van der Waals surface area contributed by atoms with E-state index in [4.69, 9.17) is 5.11 Å². The lowest BCUT2D eigenvalue weighted by molar-refractivity contribution is -0.144. The summed E-state index contributed by atoms with van der Waals surface area (Å²) in [4.78, 5) is 10.9. The van der Waals surface area contributed by atoms with Crippen molar-refractivity contribution in [2.24, 2.45) is 5.92 Å². The van der Waals surface area contributed by atoms with E-state index in [0.29, 0.717) is 19.4 Å². The fraction of sp³-hybridized carbons (Fsp3) is 0.909. The molecule has 1 aliphatic rings. The number of hydrogen-bond donors (Lipinski definition) is 1. The van der Waals surface area contributed by atoms with Gasteiger partial charge in [0, 0.05) is 12.6 Å². The van der Waals surface area contributed by atoms with Crippen LogP contribution in [-0.2, 0) is 14.8 Å². The topological polar surface area (TPSA) is 74.7 Å². The zero-order valence-corrected chi connectivity index (χ0v) is 11.4. The van der Waals surface area contributed by atoms with Gasteiger partial charge >= 0.3 is 5.97 Å². The summed E-state index contributed by atoms with van der Waals surface area (Å²) < 4.78 is 26.1. The number of nitrogens with zero attached hydrogens (tertiary/aromatic N) is 1. The van der Waals surface area contributed by atoms with Crippen molar-refractivity contribution in [3.05, 3.63) is 0 Å². The Morgan fingerprint density at radius 1 is 1.41 bits per heavy atom. The summed E-state index contributed by atoms with van der Waals surface area (Å²) in [5, 5.41) is 8.21. The number of sulfonamides is 1. The highest BCUT2D eigenvalue weighted by Gasteiger charge is 2.47. The van der Waals surface area contributed by atoms with Crippen LogP contribution < -0.4 is 0 Å². The summed E-state index contributed by atoms with van der Waals surface area (Å²) in [5.74, 6) is -1.72. The molecule has 5 nitrogen and oxygen atoms in total. The van der Waals surface area contributed by atoms with Gasteiger partial charge < -0.3 is 5.11 Å². The molecule has 1 rings (SSSR count). The van der Waals surface area contributed by atoms with Gasteiger partial charge in [-0.2, -0.15) is 4.31 Å². The molecule has 0 aliphatic heterocycles. The standard InChI is InChI=1S/C11H21NO4S/c1-4-8(3)12(5-2)17(15,16)10-7-6-9(10)11(13)14/h8-10H,4-7H2,1-3H3,(H,13,14). The molecule has 0 heterocycles. The fourth-order valence-corrected chi connectivity index (χ4v) is 4.69. The van der Waals surface area contributed by atoms with E-state index in [1.165, 1.54) is 4.31 Å². The van der Waals surface area contributed by atoms with Crippen molar-refractivity contribution in [2.75, 3.05) is 6.54 Å². The average Bonchev–Trinajstić information content (AvgIpc) is 2.14. The van der Waals surface area contributed by atoms with E-state index >= 15 is 0 Å². The molecule has 17 heavy (non-hydrogen) atoms. The molecule has 100 valence electrons. The predicted molar refractivity (Wildman–Crippen MR) is 65.2 cm³/mol. The Balaban J connectivity index is 2.90. The summed E-state index contributed by atoms with van der Waals surface area (Å²) in [6.07, 6.45) is 1.67. The molecule has 0 aromatic rings. The van der Waals surface area contributed by atoms with Crippen LogP contribution in [0.3, 0.4) is 0 Å². The molecule has 0 amide bonds. The van der Waals surface area contributed by atoms with E-state index < -0.39 is 27.2 Å². The number of carboxylic acids is 1. The van der Waals surface area contributed by atoms with E-state index in [2.05, 4.69) is 0 Å². The van der Waals surface area contributed by atoms with Gasteiger partial charge in [-0.3, -0.25) is 4.79 Å². The van der Waals surface area contributed by atoms with Gasteiger partial charge in [-0.1, -0.05) is 13.8 Å². The van der Waals surface area contributed by atoms with E-state index in [-0.39, 0.29) is 6.04 Å². The third kappa shape index (κ3) is 2.63. The Kier molecular flexibility index (Phi) is 4.55. The van der Waals surface area contributed by atoms with Gasteiger partial charge in [0.05, 0.1) is 11.2 Å². The minimum absolute atomic E-state index is 0.0694. The first-order valence-electron chi connectivity index (χ1n) is 6.09. The first kappa shape index (κ1) is 14.4. The predicted octanol–water partition coefficient (Wildman–Crippen LogP) is 1.30. The molecule has 1 N–H and O–H groups in total. The lowest BCUT2D eigenvalue weighted by atomic mass is 9.85. The quantitative estimate of drug-likeness (QED) is 0.783. The van der Waals surface area contributed by atoms with Crippen molar-refractivity contribution in [2.45, 2.75) is 51.3 Å². The van der Waals surface area contributed by atoms with E-state index in [9.17, 15) is 13.2 Å². The summed E-state index contributed by atoms with van der Waals surface area (Å²) in [7, 11) is -3.47. The van der Waals surface area contributed by atoms with Crippen molar-refractivity contribution >= 4 is 16.0 Å². The minimum Gasteiger partial charge on any atom is -0.481 e. The molecule has 0 aromatic carbocycles. The van der Waals surface area contributed by atoms with Gasteiger partial charge in [0.2, 0.25) is 10.0 Å². The molecule has 0 bridgehead atoms. The highest BCUT2D eigenvalue weighted by atomic mass is 32.2. The van der Waals surface area contributed by atoms with Crippen molar-refractivity contribution in [1.29, 1.82) is 0 Å². The smallest absolute Gasteiger partial charge is 0.307 e. The molecular formula is C11H21NO4S. The number of rotatable bonds is 6. The van der Waals surface area contributed by atoms with Crippen LogP contribution in [0.4, 0.5) is 0 Å². The monoisotopic (exact) mass is 263 g/mol. The molecule has 0 saturated heterocycles. The first-order valence-corrected chi connectivity index (χ1v) is 7.60. The molecule has 0 spiro atoms. The van der Waals surface area contributed by atoms with Crippen molar-refractivity contribution in [3.63, 3.8) is 0 Å². The van der Waals surface area contributed by atoms with Crippen LogP contribution in [0, 0.1) is 5.92 Å². The zero-order valence-electron chi connectivity index (χ0n) is 10.6. The van der Waals surface area contributed by atoms with E-state index in [0.717, 1.165) is 6.42 Å². The van der Waals surface area contributed by atoms with Crippen LogP contribution in [-0.4, -0.2) is 41.6 Å². The number of carboxylic acid groups (broad SMARTS) is 1. The highest BCUT2D eigenvalue weighted by molar-refractivity contribution is 7.89. The second kappa shape index (κ2) is 5.35. The maximum Gasteiger partial charge on any atom is 0.307 e. The summed E-state index contributed by atoms with van der Waals surface area (Å²) in [5.41, 5.74) is 0. The van der Waals surface area contributed by atoms with Crippen molar-refractivity contribution < 1.29 is 18.3 Å². The highest BCUT2D eigenvalue weighted by Crippen LogP contribution is 2.36. The molecule has 3 atom stereocenters. The van der Waals surface area contributed by atoms with Gasteiger partial charge in [0.15, 0.2) is 0 Å². The molecule has 1 fully saturated rings. The van der Waals surface area contributed by atoms with Crippen LogP contribution in [0.2, 0.25) is 0 Å². The lowest BCUT2D eigenvalue weighted by Crippen LogP contribution is -2.51. The third-order valence-corrected chi connectivity index (χ3v) is 6.23. The van der Waals surface area contributed by atoms with E-state index in [1.807, 2.05) is 13.8 Å². The number of aliphatic carboxylic acids is 1. The van der Waals surface area contributed by atoms with Crippen LogP contribution >= 0.6 is 0 Å². The molecule has 3 unspecified atom stereocenters. The van der Waals surface area contributed by atoms with Crippen LogP contribution in [0.1, 0.15) is 40.0 Å². The SMILES string of the molecule is CCC(C)N(CC)S(=O)(=O)C1CCC1C(=O)O. The second-order valence-electron chi connectivity index (χ2n) is 4.57. The largest absolute Gasteiger partial charge is 0.481 e. The molecule has 0 radical (unpaired) electrons. The van der Waals surface area contributed by atoms with Crippen LogP contribution in [0.15, 0.2) is 0 Å². The Labute approximate surface area is 103 Å². The molecule has 1 aliphatic carbocycles. The first-order chi connectivity index (χ1) is 7.86. The molecule has 1 saturated carbocycles. The van der Waals surface area contributed by atoms with Gasteiger partial charge in [-0.15, -0.1) is 0 Å². The van der Waals surface area contributed by atoms with Gasteiger partial charge in [-0.05, 0) is 26.2 Å². The third-order valence-electron chi connectivity index (χ3n) is 3.63. The molecular weight excluding hydrogens is 242 g/mol. The normalized spacial score (nSPS) is 26.6. The van der Waals surface area contributed by atoms with Crippen LogP contribution in [0.25, 0.3) is 0 Å². The fourth-order valence-electron chi connectivity index (χ4n) is 2.23. The second-order valence-corrected chi connectivity index (χ2v) is 6.67. The number of carbonyl (C=O) groups is 1. The lowest BCUT2D eigenvalue weighted by Gasteiger charge is -2.38. The summed E-state index contributed by atoms with van der Waals surface area (Å²) >= 11 is 0. The Hall–Kier alpha value is -0.620. The Bertz CT molecular complexity index is 379. The Morgan fingerprint density at radius 2 is 2.00 bits per heavy atom. The van der Waals surface area contributed by atoms with Crippen LogP contribution in [0.5, 0.6) is 0 Å². The van der Waals surface area contributed by atoms with Gasteiger partial charge in [0.1, 0.15) is 0 Å². The maximum absolute atomic E-state index is 12.3. The Morgan fingerprint density at radius 3 is 2.29 bits per heavy atom. The van der Waals surface area contributed by atoms with Crippen molar-refractivity contribution in [3.8, 4) is 0 Å². The van der Waals surface area contributed by atoms with Crippen molar-refractivity contribution in [1.82, 2.24) is 4.31 Å². The zero-order chi connectivity index (χ0) is 13.2. The number of hydrogen-bond acceptors (Lipinski definition) is 3. The van der Waals surface area contributed by atoms with Gasteiger partial charge in [0.25, 0.3) is 0 Å².